The van der Waals surface area contributed by atoms with Gasteiger partial charge in [-0.2, -0.15) is 5.10 Å². The highest BCUT2D eigenvalue weighted by atomic mass is 16.6. The van der Waals surface area contributed by atoms with E-state index in [1.54, 1.807) is 0 Å². The van der Waals surface area contributed by atoms with Crippen LogP contribution in [0.25, 0.3) is 17.0 Å². The Bertz CT molecular complexity index is 1050. The van der Waals surface area contributed by atoms with E-state index in [4.69, 9.17) is 0 Å². The Morgan fingerprint density at radius 3 is 1.96 bits per heavy atom. The summed E-state index contributed by atoms with van der Waals surface area (Å²) in [5.41, 5.74) is 2.07. The maximum atomic E-state index is 11.4. The molecule has 0 saturated carbocycles. The molecule has 3 rings (SSSR count). The average molecular weight is 364 g/mol. The van der Waals surface area contributed by atoms with E-state index in [0.717, 1.165) is 0 Å². The van der Waals surface area contributed by atoms with E-state index in [9.17, 15) is 25.0 Å². The standard InChI is InChI=1S/C18H12N4O5/c1-12(13-2-6-16(7-3-13)21(24)25)20-10-15(11-23)18(19-20)14-4-8-17(9-5-14)22(26)27/h2-11H,1H2. The van der Waals surface area contributed by atoms with Crippen LogP contribution in [0.4, 0.5) is 11.4 Å². The number of benzene rings is 2. The Kier molecular flexibility index (Phi) is 4.58. The molecule has 134 valence electrons. The molecular formula is C18H12N4O5. The van der Waals surface area contributed by atoms with Crippen molar-refractivity contribution in [2.45, 2.75) is 0 Å². The van der Waals surface area contributed by atoms with Crippen molar-refractivity contribution in [1.29, 1.82) is 0 Å². The quantitative estimate of drug-likeness (QED) is 0.373. The Morgan fingerprint density at radius 2 is 1.48 bits per heavy atom. The van der Waals surface area contributed by atoms with E-state index in [-0.39, 0.29) is 16.9 Å². The summed E-state index contributed by atoms with van der Waals surface area (Å²) in [5.74, 6) is 0. The number of carbonyl (C=O) groups is 1. The Hall–Kier alpha value is -4.14. The lowest BCUT2D eigenvalue weighted by molar-refractivity contribution is -0.385. The summed E-state index contributed by atoms with van der Waals surface area (Å²) in [6, 6.07) is 11.4. The Labute approximate surface area is 152 Å². The topological polar surface area (TPSA) is 121 Å². The van der Waals surface area contributed by atoms with Gasteiger partial charge in [0.2, 0.25) is 0 Å². The van der Waals surface area contributed by atoms with Crippen LogP contribution in [-0.4, -0.2) is 25.9 Å². The van der Waals surface area contributed by atoms with Gasteiger partial charge in [0.15, 0.2) is 6.29 Å². The first-order valence-electron chi connectivity index (χ1n) is 7.64. The number of carbonyl (C=O) groups excluding carboxylic acids is 1. The molecule has 1 aromatic heterocycles. The van der Waals surface area contributed by atoms with Gasteiger partial charge in [0, 0.05) is 41.6 Å². The monoisotopic (exact) mass is 364 g/mol. The minimum atomic E-state index is -0.514. The number of aldehydes is 1. The van der Waals surface area contributed by atoms with E-state index < -0.39 is 9.85 Å². The van der Waals surface area contributed by atoms with Crippen LogP contribution >= 0.6 is 0 Å². The fourth-order valence-electron chi connectivity index (χ4n) is 2.48. The molecule has 9 heteroatoms. The normalized spacial score (nSPS) is 10.4. The molecule has 0 radical (unpaired) electrons. The second kappa shape index (κ2) is 7.00. The summed E-state index contributed by atoms with van der Waals surface area (Å²) in [6.45, 7) is 3.91. The predicted molar refractivity (Wildman–Crippen MR) is 97.2 cm³/mol. The van der Waals surface area contributed by atoms with E-state index in [0.29, 0.717) is 28.8 Å². The number of nitrogens with zero attached hydrogens (tertiary/aromatic N) is 4. The first-order chi connectivity index (χ1) is 12.9. The van der Waals surface area contributed by atoms with Gasteiger partial charge in [-0.15, -0.1) is 0 Å². The van der Waals surface area contributed by atoms with Crippen molar-refractivity contribution >= 4 is 23.4 Å². The fourth-order valence-corrected chi connectivity index (χ4v) is 2.48. The van der Waals surface area contributed by atoms with Crippen LogP contribution in [0.1, 0.15) is 15.9 Å². The molecule has 0 fully saturated rings. The van der Waals surface area contributed by atoms with Crippen molar-refractivity contribution < 1.29 is 14.6 Å². The van der Waals surface area contributed by atoms with Gasteiger partial charge >= 0.3 is 0 Å². The summed E-state index contributed by atoms with van der Waals surface area (Å²) < 4.78 is 1.39. The predicted octanol–water partition coefficient (Wildman–Crippen LogP) is 3.70. The molecule has 9 nitrogen and oxygen atoms in total. The number of nitro benzene ring substituents is 2. The molecular weight excluding hydrogens is 352 g/mol. The van der Waals surface area contributed by atoms with Gasteiger partial charge in [0.1, 0.15) is 5.69 Å². The Balaban J connectivity index is 1.95. The highest BCUT2D eigenvalue weighted by Gasteiger charge is 2.15. The van der Waals surface area contributed by atoms with E-state index in [2.05, 4.69) is 11.7 Å². The zero-order valence-corrected chi connectivity index (χ0v) is 13.8. The SMILES string of the molecule is C=C(c1ccc([N+](=O)[O-])cc1)n1cc(C=O)c(-c2ccc([N+](=O)[O-])cc2)n1. The minimum Gasteiger partial charge on any atom is -0.298 e. The molecule has 0 amide bonds. The summed E-state index contributed by atoms with van der Waals surface area (Å²) in [6.07, 6.45) is 2.11. The Morgan fingerprint density at radius 1 is 0.963 bits per heavy atom. The van der Waals surface area contributed by atoms with E-state index >= 15 is 0 Å². The molecule has 0 unspecified atom stereocenters. The van der Waals surface area contributed by atoms with Crippen molar-refractivity contribution in [3.05, 3.63) is 92.7 Å². The first-order valence-corrected chi connectivity index (χ1v) is 7.64. The van der Waals surface area contributed by atoms with Crippen LogP contribution in [0, 0.1) is 20.2 Å². The number of hydrogen-bond acceptors (Lipinski definition) is 6. The molecule has 0 atom stereocenters. The number of hydrogen-bond donors (Lipinski definition) is 0. The highest BCUT2D eigenvalue weighted by molar-refractivity contribution is 5.86. The van der Waals surface area contributed by atoms with Crippen LogP contribution in [-0.2, 0) is 0 Å². The van der Waals surface area contributed by atoms with Crippen molar-refractivity contribution in [1.82, 2.24) is 9.78 Å². The number of nitro groups is 2. The van der Waals surface area contributed by atoms with E-state index in [1.165, 1.54) is 59.4 Å². The number of aromatic nitrogens is 2. The van der Waals surface area contributed by atoms with E-state index in [1.807, 2.05) is 0 Å². The van der Waals surface area contributed by atoms with Crippen molar-refractivity contribution in [2.75, 3.05) is 0 Å². The highest BCUT2D eigenvalue weighted by Crippen LogP contribution is 2.26. The number of non-ortho nitro benzene ring substituents is 2. The first kappa shape index (κ1) is 17.7. The third kappa shape index (κ3) is 3.47. The summed E-state index contributed by atoms with van der Waals surface area (Å²) in [7, 11) is 0. The molecule has 1 heterocycles. The van der Waals surface area contributed by atoms with Crippen LogP contribution in [0.5, 0.6) is 0 Å². The van der Waals surface area contributed by atoms with Gasteiger partial charge in [0.05, 0.1) is 21.1 Å². The van der Waals surface area contributed by atoms with Gasteiger partial charge in [-0.25, -0.2) is 4.68 Å². The third-order valence-electron chi connectivity index (χ3n) is 3.91. The number of rotatable bonds is 6. The van der Waals surface area contributed by atoms with Gasteiger partial charge in [-0.1, -0.05) is 6.58 Å². The minimum absolute atomic E-state index is 0.0489. The summed E-state index contributed by atoms with van der Waals surface area (Å²) in [4.78, 5) is 31.9. The molecule has 0 N–H and O–H groups in total. The average Bonchev–Trinajstić information content (AvgIpc) is 3.12. The zero-order chi connectivity index (χ0) is 19.6. The zero-order valence-electron chi connectivity index (χ0n) is 13.8. The molecule has 0 saturated heterocycles. The lowest BCUT2D eigenvalue weighted by Gasteiger charge is -2.05. The molecule has 27 heavy (non-hydrogen) atoms. The van der Waals surface area contributed by atoms with Crippen molar-refractivity contribution in [3.63, 3.8) is 0 Å². The molecule has 0 aliphatic rings. The summed E-state index contributed by atoms with van der Waals surface area (Å²) in [5, 5.41) is 25.9. The maximum Gasteiger partial charge on any atom is 0.269 e. The summed E-state index contributed by atoms with van der Waals surface area (Å²) >= 11 is 0. The maximum absolute atomic E-state index is 11.4. The van der Waals surface area contributed by atoms with Crippen LogP contribution in [0.15, 0.2) is 61.3 Å². The van der Waals surface area contributed by atoms with Crippen LogP contribution in [0.3, 0.4) is 0 Å². The largest absolute Gasteiger partial charge is 0.298 e. The van der Waals surface area contributed by atoms with Crippen molar-refractivity contribution in [3.8, 4) is 11.3 Å². The molecule has 2 aromatic carbocycles. The molecule has 0 aliphatic carbocycles. The third-order valence-corrected chi connectivity index (χ3v) is 3.91. The van der Waals surface area contributed by atoms with Gasteiger partial charge in [0.25, 0.3) is 11.4 Å². The molecule has 0 bridgehead atoms. The fraction of sp³-hybridized carbons (Fsp3) is 0. The molecule has 0 aliphatic heterocycles. The smallest absolute Gasteiger partial charge is 0.269 e. The molecule has 0 spiro atoms. The van der Waals surface area contributed by atoms with Gasteiger partial charge in [-0.3, -0.25) is 25.0 Å². The lowest BCUT2D eigenvalue weighted by Crippen LogP contribution is -1.99. The van der Waals surface area contributed by atoms with Gasteiger partial charge < -0.3 is 0 Å². The van der Waals surface area contributed by atoms with Crippen molar-refractivity contribution in [2.24, 2.45) is 0 Å². The lowest BCUT2D eigenvalue weighted by atomic mass is 10.1. The second-order valence-corrected chi connectivity index (χ2v) is 5.55. The van der Waals surface area contributed by atoms with Gasteiger partial charge in [-0.05, 0) is 24.3 Å². The van der Waals surface area contributed by atoms with Crippen LogP contribution in [0.2, 0.25) is 0 Å². The van der Waals surface area contributed by atoms with Crippen LogP contribution < -0.4 is 0 Å². The molecule has 3 aromatic rings. The second-order valence-electron chi connectivity index (χ2n) is 5.55.